The molecule has 0 spiro atoms. The fraction of sp³-hybridized carbons (Fsp3) is 0.333. The van der Waals surface area contributed by atoms with E-state index >= 15 is 0 Å². The average Bonchev–Trinajstić information content (AvgIpc) is 2.46. The molecule has 0 fully saturated rings. The van der Waals surface area contributed by atoms with E-state index in [-0.39, 0.29) is 6.10 Å². The fourth-order valence-corrected chi connectivity index (χ4v) is 2.09. The standard InChI is InChI=1S/C18H24N2O/c1-14(2)21-18-8-6-5-7-15(18)13-19-16-9-11-17(12-10-16)20(3)4/h5-12,14,19H,13H2,1-4H3. The molecule has 0 radical (unpaired) electrons. The molecule has 2 rings (SSSR count). The summed E-state index contributed by atoms with van der Waals surface area (Å²) in [5.41, 5.74) is 3.48. The van der Waals surface area contributed by atoms with Crippen LogP contribution in [0, 0.1) is 0 Å². The lowest BCUT2D eigenvalue weighted by atomic mass is 10.2. The third-order valence-electron chi connectivity index (χ3n) is 3.20. The number of hydrogen-bond donors (Lipinski definition) is 1. The fourth-order valence-electron chi connectivity index (χ4n) is 2.09. The Kier molecular flexibility index (Phi) is 5.09. The molecule has 1 N–H and O–H groups in total. The minimum absolute atomic E-state index is 0.186. The maximum atomic E-state index is 5.84. The number of nitrogens with zero attached hydrogens (tertiary/aromatic N) is 1. The van der Waals surface area contributed by atoms with Gasteiger partial charge < -0.3 is 15.0 Å². The molecule has 2 aromatic carbocycles. The Balaban J connectivity index is 2.02. The van der Waals surface area contributed by atoms with Crippen LogP contribution >= 0.6 is 0 Å². The van der Waals surface area contributed by atoms with Crippen LogP contribution in [-0.4, -0.2) is 20.2 Å². The number of anilines is 2. The van der Waals surface area contributed by atoms with Gasteiger partial charge in [-0.2, -0.15) is 0 Å². The quantitative estimate of drug-likeness (QED) is 0.862. The molecule has 112 valence electrons. The number of benzene rings is 2. The smallest absolute Gasteiger partial charge is 0.124 e. The van der Waals surface area contributed by atoms with Gasteiger partial charge in [0, 0.05) is 37.6 Å². The zero-order chi connectivity index (χ0) is 15.2. The van der Waals surface area contributed by atoms with Crippen LogP contribution in [0.3, 0.4) is 0 Å². The number of ether oxygens (including phenoxy) is 1. The largest absolute Gasteiger partial charge is 0.491 e. The number of nitrogens with one attached hydrogen (secondary N) is 1. The highest BCUT2D eigenvalue weighted by molar-refractivity contribution is 5.54. The zero-order valence-electron chi connectivity index (χ0n) is 13.3. The van der Waals surface area contributed by atoms with Gasteiger partial charge in [0.05, 0.1) is 6.10 Å². The van der Waals surface area contributed by atoms with Crippen molar-refractivity contribution < 1.29 is 4.74 Å². The van der Waals surface area contributed by atoms with E-state index in [0.29, 0.717) is 0 Å². The number of rotatable bonds is 6. The van der Waals surface area contributed by atoms with Crippen molar-refractivity contribution in [3.63, 3.8) is 0 Å². The molecule has 0 heterocycles. The molecule has 3 heteroatoms. The molecule has 0 atom stereocenters. The van der Waals surface area contributed by atoms with Gasteiger partial charge >= 0.3 is 0 Å². The monoisotopic (exact) mass is 284 g/mol. The van der Waals surface area contributed by atoms with E-state index in [4.69, 9.17) is 4.74 Å². The van der Waals surface area contributed by atoms with E-state index in [9.17, 15) is 0 Å². The van der Waals surface area contributed by atoms with Crippen LogP contribution in [-0.2, 0) is 6.54 Å². The Morgan fingerprint density at radius 3 is 2.29 bits per heavy atom. The molecule has 0 aliphatic heterocycles. The van der Waals surface area contributed by atoms with Crippen molar-refractivity contribution in [2.24, 2.45) is 0 Å². The maximum absolute atomic E-state index is 5.84. The van der Waals surface area contributed by atoms with Crippen molar-refractivity contribution in [1.82, 2.24) is 0 Å². The van der Waals surface area contributed by atoms with Crippen LogP contribution in [0.25, 0.3) is 0 Å². The van der Waals surface area contributed by atoms with E-state index in [1.54, 1.807) is 0 Å². The average molecular weight is 284 g/mol. The van der Waals surface area contributed by atoms with Crippen molar-refractivity contribution in [2.45, 2.75) is 26.5 Å². The molecule has 0 saturated heterocycles. The topological polar surface area (TPSA) is 24.5 Å². The Bertz CT molecular complexity index is 562. The lowest BCUT2D eigenvalue weighted by Crippen LogP contribution is -2.10. The molecule has 0 aliphatic rings. The van der Waals surface area contributed by atoms with E-state index in [1.165, 1.54) is 11.3 Å². The summed E-state index contributed by atoms with van der Waals surface area (Å²) in [6.45, 7) is 4.85. The van der Waals surface area contributed by atoms with Crippen molar-refractivity contribution in [1.29, 1.82) is 0 Å². The predicted octanol–water partition coefficient (Wildman–Crippen LogP) is 4.15. The second kappa shape index (κ2) is 7.02. The summed E-state index contributed by atoms with van der Waals surface area (Å²) in [5, 5.41) is 3.44. The summed E-state index contributed by atoms with van der Waals surface area (Å²) in [6, 6.07) is 16.6. The first-order valence-corrected chi connectivity index (χ1v) is 7.32. The van der Waals surface area contributed by atoms with Crippen molar-refractivity contribution in [3.05, 3.63) is 54.1 Å². The molecular weight excluding hydrogens is 260 g/mol. The normalized spacial score (nSPS) is 10.5. The highest BCUT2D eigenvalue weighted by Crippen LogP contribution is 2.21. The molecule has 0 aliphatic carbocycles. The summed E-state index contributed by atoms with van der Waals surface area (Å²) in [5.74, 6) is 0.949. The van der Waals surface area contributed by atoms with E-state index in [1.807, 2.05) is 46.1 Å². The van der Waals surface area contributed by atoms with Crippen molar-refractivity contribution in [2.75, 3.05) is 24.3 Å². The number of hydrogen-bond acceptors (Lipinski definition) is 3. The lowest BCUT2D eigenvalue weighted by Gasteiger charge is -2.16. The SMILES string of the molecule is CC(C)Oc1ccccc1CNc1ccc(N(C)C)cc1. The Labute approximate surface area is 127 Å². The molecule has 0 unspecified atom stereocenters. The van der Waals surface area contributed by atoms with Gasteiger partial charge in [0.2, 0.25) is 0 Å². The first-order valence-electron chi connectivity index (χ1n) is 7.32. The minimum atomic E-state index is 0.186. The summed E-state index contributed by atoms with van der Waals surface area (Å²) in [7, 11) is 4.09. The van der Waals surface area contributed by atoms with Gasteiger partial charge in [0.25, 0.3) is 0 Å². The first kappa shape index (κ1) is 15.2. The molecule has 21 heavy (non-hydrogen) atoms. The summed E-state index contributed by atoms with van der Waals surface area (Å²) < 4.78 is 5.84. The highest BCUT2D eigenvalue weighted by Gasteiger charge is 2.05. The summed E-state index contributed by atoms with van der Waals surface area (Å²) in [4.78, 5) is 2.09. The van der Waals surface area contributed by atoms with Crippen LogP contribution in [0.1, 0.15) is 19.4 Å². The van der Waals surface area contributed by atoms with E-state index < -0.39 is 0 Å². The van der Waals surface area contributed by atoms with Gasteiger partial charge in [0.1, 0.15) is 5.75 Å². The maximum Gasteiger partial charge on any atom is 0.124 e. The molecule has 0 amide bonds. The van der Waals surface area contributed by atoms with Gasteiger partial charge in [-0.05, 0) is 44.2 Å². The van der Waals surface area contributed by atoms with Gasteiger partial charge in [-0.25, -0.2) is 0 Å². The van der Waals surface area contributed by atoms with Gasteiger partial charge in [-0.3, -0.25) is 0 Å². The zero-order valence-corrected chi connectivity index (χ0v) is 13.3. The van der Waals surface area contributed by atoms with Gasteiger partial charge in [0.15, 0.2) is 0 Å². The highest BCUT2D eigenvalue weighted by atomic mass is 16.5. The molecule has 2 aromatic rings. The third-order valence-corrected chi connectivity index (χ3v) is 3.20. The van der Waals surface area contributed by atoms with Gasteiger partial charge in [-0.1, -0.05) is 18.2 Å². The summed E-state index contributed by atoms with van der Waals surface area (Å²) >= 11 is 0. The predicted molar refractivity (Wildman–Crippen MR) is 90.3 cm³/mol. The molecule has 0 aromatic heterocycles. The second-order valence-electron chi connectivity index (χ2n) is 5.57. The van der Waals surface area contributed by atoms with E-state index in [2.05, 4.69) is 40.5 Å². The Morgan fingerprint density at radius 2 is 1.67 bits per heavy atom. The van der Waals surface area contributed by atoms with E-state index in [0.717, 1.165) is 18.0 Å². The van der Waals surface area contributed by atoms with Crippen molar-refractivity contribution in [3.8, 4) is 5.75 Å². The minimum Gasteiger partial charge on any atom is -0.491 e. The number of para-hydroxylation sites is 1. The van der Waals surface area contributed by atoms with Crippen molar-refractivity contribution >= 4 is 11.4 Å². The summed E-state index contributed by atoms with van der Waals surface area (Å²) in [6.07, 6.45) is 0.186. The molecular formula is C18H24N2O. The van der Waals surface area contributed by atoms with Crippen LogP contribution in [0.2, 0.25) is 0 Å². The Hall–Kier alpha value is -2.16. The Morgan fingerprint density at radius 1 is 1.00 bits per heavy atom. The third kappa shape index (κ3) is 4.42. The van der Waals surface area contributed by atoms with Crippen LogP contribution in [0.5, 0.6) is 5.75 Å². The van der Waals surface area contributed by atoms with Gasteiger partial charge in [-0.15, -0.1) is 0 Å². The molecule has 0 bridgehead atoms. The first-order chi connectivity index (χ1) is 10.1. The van der Waals surface area contributed by atoms with Crippen LogP contribution in [0.15, 0.2) is 48.5 Å². The second-order valence-corrected chi connectivity index (χ2v) is 5.57. The molecule has 3 nitrogen and oxygen atoms in total. The lowest BCUT2D eigenvalue weighted by molar-refractivity contribution is 0.240. The molecule has 0 saturated carbocycles. The van der Waals surface area contributed by atoms with Crippen LogP contribution < -0.4 is 15.0 Å². The van der Waals surface area contributed by atoms with Crippen LogP contribution in [0.4, 0.5) is 11.4 Å².